The SMILES string of the molecule is CC(O)CCc1nc(-c2cc(Cl)cc(Cl)c2)no1. The molecule has 0 fully saturated rings. The molecule has 2 aromatic rings. The normalized spacial score (nSPS) is 12.7. The lowest BCUT2D eigenvalue weighted by molar-refractivity contribution is 0.180. The van der Waals surface area contributed by atoms with Crippen molar-refractivity contribution in [2.45, 2.75) is 25.9 Å². The van der Waals surface area contributed by atoms with Gasteiger partial charge in [-0.3, -0.25) is 0 Å². The summed E-state index contributed by atoms with van der Waals surface area (Å²) in [5.74, 6) is 0.932. The second kappa shape index (κ2) is 5.69. The van der Waals surface area contributed by atoms with Crippen molar-refractivity contribution < 1.29 is 9.63 Å². The van der Waals surface area contributed by atoms with Gasteiger partial charge in [-0.05, 0) is 31.5 Å². The summed E-state index contributed by atoms with van der Waals surface area (Å²) in [5, 5.41) is 14.1. The Morgan fingerprint density at radius 1 is 1.28 bits per heavy atom. The number of hydrogen-bond acceptors (Lipinski definition) is 4. The number of aryl methyl sites for hydroxylation is 1. The number of benzene rings is 1. The minimum atomic E-state index is -0.388. The molecule has 2 rings (SSSR count). The van der Waals surface area contributed by atoms with Gasteiger partial charge >= 0.3 is 0 Å². The average molecular weight is 287 g/mol. The maximum atomic E-state index is 9.19. The summed E-state index contributed by atoms with van der Waals surface area (Å²) in [4.78, 5) is 4.23. The molecule has 0 amide bonds. The van der Waals surface area contributed by atoms with E-state index >= 15 is 0 Å². The van der Waals surface area contributed by atoms with Crippen LogP contribution in [0, 0.1) is 0 Å². The predicted octanol–water partition coefficient (Wildman–Crippen LogP) is 3.36. The zero-order chi connectivity index (χ0) is 13.1. The second-order valence-corrected chi connectivity index (χ2v) is 4.93. The molecule has 6 heteroatoms. The number of rotatable bonds is 4. The van der Waals surface area contributed by atoms with Gasteiger partial charge in [0.2, 0.25) is 11.7 Å². The number of halogens is 2. The fourth-order valence-corrected chi connectivity index (χ4v) is 2.02. The van der Waals surface area contributed by atoms with Gasteiger partial charge in [-0.15, -0.1) is 0 Å². The van der Waals surface area contributed by atoms with E-state index < -0.39 is 0 Å². The highest BCUT2D eigenvalue weighted by molar-refractivity contribution is 6.35. The van der Waals surface area contributed by atoms with Crippen molar-refractivity contribution >= 4 is 23.2 Å². The largest absolute Gasteiger partial charge is 0.393 e. The van der Waals surface area contributed by atoms with Crippen LogP contribution in [-0.4, -0.2) is 21.4 Å². The van der Waals surface area contributed by atoms with Crippen molar-refractivity contribution in [3.63, 3.8) is 0 Å². The van der Waals surface area contributed by atoms with E-state index in [1.807, 2.05) is 0 Å². The summed E-state index contributed by atoms with van der Waals surface area (Å²) in [5.41, 5.74) is 0.708. The number of aromatic nitrogens is 2. The van der Waals surface area contributed by atoms with Gasteiger partial charge in [0.1, 0.15) is 0 Å². The minimum absolute atomic E-state index is 0.388. The van der Waals surface area contributed by atoms with Crippen LogP contribution >= 0.6 is 23.2 Å². The molecule has 0 aliphatic rings. The van der Waals surface area contributed by atoms with Gasteiger partial charge in [-0.2, -0.15) is 4.98 Å². The molecule has 0 aliphatic heterocycles. The Hall–Kier alpha value is -1.10. The van der Waals surface area contributed by atoms with Crippen molar-refractivity contribution in [3.8, 4) is 11.4 Å². The fraction of sp³-hybridized carbons (Fsp3) is 0.333. The number of nitrogens with zero attached hydrogens (tertiary/aromatic N) is 2. The molecule has 0 saturated carbocycles. The van der Waals surface area contributed by atoms with Crippen molar-refractivity contribution in [2.75, 3.05) is 0 Å². The van der Waals surface area contributed by atoms with Gasteiger partial charge in [-0.1, -0.05) is 28.4 Å². The highest BCUT2D eigenvalue weighted by Gasteiger charge is 2.10. The molecule has 96 valence electrons. The van der Waals surface area contributed by atoms with E-state index in [-0.39, 0.29) is 6.10 Å². The Balaban J connectivity index is 2.18. The zero-order valence-corrected chi connectivity index (χ0v) is 11.2. The standard InChI is InChI=1S/C12H12Cl2N2O2/c1-7(17)2-3-11-15-12(16-18-11)8-4-9(13)6-10(14)5-8/h4-7,17H,2-3H2,1H3. The number of aliphatic hydroxyl groups excluding tert-OH is 1. The van der Waals surface area contributed by atoms with E-state index in [1.54, 1.807) is 25.1 Å². The van der Waals surface area contributed by atoms with Crippen molar-refractivity contribution in [3.05, 3.63) is 34.1 Å². The van der Waals surface area contributed by atoms with Crippen LogP contribution in [0.25, 0.3) is 11.4 Å². The summed E-state index contributed by atoms with van der Waals surface area (Å²) < 4.78 is 5.09. The zero-order valence-electron chi connectivity index (χ0n) is 9.73. The highest BCUT2D eigenvalue weighted by Crippen LogP contribution is 2.25. The van der Waals surface area contributed by atoms with Crippen LogP contribution in [0.3, 0.4) is 0 Å². The summed E-state index contributed by atoms with van der Waals surface area (Å²) in [6, 6.07) is 5.08. The van der Waals surface area contributed by atoms with E-state index in [0.29, 0.717) is 40.2 Å². The predicted molar refractivity (Wildman–Crippen MR) is 69.8 cm³/mol. The third-order valence-corrected chi connectivity index (χ3v) is 2.80. The monoisotopic (exact) mass is 286 g/mol. The lowest BCUT2D eigenvalue weighted by Crippen LogP contribution is -2.01. The Morgan fingerprint density at radius 3 is 2.56 bits per heavy atom. The molecule has 0 radical (unpaired) electrons. The molecular formula is C12H12Cl2N2O2. The lowest BCUT2D eigenvalue weighted by atomic mass is 10.2. The molecule has 0 spiro atoms. The summed E-state index contributed by atoms with van der Waals surface area (Å²) >= 11 is 11.8. The van der Waals surface area contributed by atoms with Gasteiger partial charge in [0.15, 0.2) is 0 Å². The van der Waals surface area contributed by atoms with Crippen molar-refractivity contribution in [1.82, 2.24) is 10.1 Å². The highest BCUT2D eigenvalue weighted by atomic mass is 35.5. The Morgan fingerprint density at radius 2 is 1.94 bits per heavy atom. The van der Waals surface area contributed by atoms with Crippen LogP contribution in [0.1, 0.15) is 19.2 Å². The second-order valence-electron chi connectivity index (χ2n) is 4.06. The first-order valence-electron chi connectivity index (χ1n) is 5.51. The Kier molecular flexibility index (Phi) is 4.22. The molecule has 1 aromatic carbocycles. The lowest BCUT2D eigenvalue weighted by Gasteiger charge is -1.98. The first-order valence-corrected chi connectivity index (χ1v) is 6.27. The minimum Gasteiger partial charge on any atom is -0.393 e. The third-order valence-electron chi connectivity index (χ3n) is 2.36. The first-order chi connectivity index (χ1) is 8.54. The van der Waals surface area contributed by atoms with Gasteiger partial charge in [0.25, 0.3) is 0 Å². The van der Waals surface area contributed by atoms with Crippen LogP contribution in [0.15, 0.2) is 22.7 Å². The van der Waals surface area contributed by atoms with Crippen LogP contribution in [0.2, 0.25) is 10.0 Å². The summed E-state index contributed by atoms with van der Waals surface area (Å²) in [7, 11) is 0. The first kappa shape index (κ1) is 13.3. The Labute approximate surface area is 115 Å². The molecule has 1 aromatic heterocycles. The molecular weight excluding hydrogens is 275 g/mol. The van der Waals surface area contributed by atoms with Gasteiger partial charge in [0.05, 0.1) is 6.10 Å². The van der Waals surface area contributed by atoms with Crippen molar-refractivity contribution in [1.29, 1.82) is 0 Å². The molecule has 18 heavy (non-hydrogen) atoms. The molecule has 1 unspecified atom stereocenters. The van der Waals surface area contributed by atoms with Gasteiger partial charge < -0.3 is 9.63 Å². The number of aliphatic hydroxyl groups is 1. The van der Waals surface area contributed by atoms with Crippen LogP contribution in [-0.2, 0) is 6.42 Å². The molecule has 1 atom stereocenters. The van der Waals surface area contributed by atoms with E-state index in [1.165, 1.54) is 0 Å². The topological polar surface area (TPSA) is 59.2 Å². The third kappa shape index (κ3) is 3.45. The summed E-state index contributed by atoms with van der Waals surface area (Å²) in [6.07, 6.45) is 0.734. The molecule has 1 heterocycles. The molecule has 1 N–H and O–H groups in total. The van der Waals surface area contributed by atoms with E-state index in [9.17, 15) is 5.11 Å². The van der Waals surface area contributed by atoms with Gasteiger partial charge in [0, 0.05) is 22.0 Å². The molecule has 0 bridgehead atoms. The molecule has 0 saturated heterocycles. The smallest absolute Gasteiger partial charge is 0.227 e. The number of hydrogen-bond donors (Lipinski definition) is 1. The fourth-order valence-electron chi connectivity index (χ4n) is 1.49. The summed E-state index contributed by atoms with van der Waals surface area (Å²) in [6.45, 7) is 1.72. The molecule has 0 aliphatic carbocycles. The van der Waals surface area contributed by atoms with E-state index in [0.717, 1.165) is 0 Å². The van der Waals surface area contributed by atoms with Crippen molar-refractivity contribution in [2.24, 2.45) is 0 Å². The van der Waals surface area contributed by atoms with Crippen LogP contribution < -0.4 is 0 Å². The van der Waals surface area contributed by atoms with Crippen LogP contribution in [0.5, 0.6) is 0 Å². The maximum absolute atomic E-state index is 9.19. The van der Waals surface area contributed by atoms with Gasteiger partial charge in [-0.25, -0.2) is 0 Å². The van der Waals surface area contributed by atoms with E-state index in [4.69, 9.17) is 27.7 Å². The molecule has 4 nitrogen and oxygen atoms in total. The quantitative estimate of drug-likeness (QED) is 0.936. The maximum Gasteiger partial charge on any atom is 0.227 e. The van der Waals surface area contributed by atoms with Crippen LogP contribution in [0.4, 0.5) is 0 Å². The average Bonchev–Trinajstić information content (AvgIpc) is 2.73. The van der Waals surface area contributed by atoms with E-state index in [2.05, 4.69) is 10.1 Å². The Bertz CT molecular complexity index is 520.